The fourth-order valence-corrected chi connectivity index (χ4v) is 2.03. The van der Waals surface area contributed by atoms with Crippen LogP contribution in [0.15, 0.2) is 39.4 Å². The van der Waals surface area contributed by atoms with Crippen molar-refractivity contribution in [1.82, 2.24) is 4.98 Å². The number of nitrogens with zero attached hydrogens (tertiary/aromatic N) is 1. The molecule has 98 valence electrons. The number of hydrogen-bond acceptors (Lipinski definition) is 3. The van der Waals surface area contributed by atoms with Crippen molar-refractivity contribution in [2.45, 2.75) is 6.92 Å². The van der Waals surface area contributed by atoms with Gasteiger partial charge in [-0.1, -0.05) is 15.9 Å². The standard InChI is InChI=1S/C13H9Br2NO3/c1-7-4-9(2-3-11(7)15)19-12-10(13(17)18)5-8(14)6-16-12/h2-6H,1H3,(H,17,18). The topological polar surface area (TPSA) is 59.4 Å². The Morgan fingerprint density at radius 3 is 2.68 bits per heavy atom. The summed E-state index contributed by atoms with van der Waals surface area (Å²) >= 11 is 6.57. The van der Waals surface area contributed by atoms with Gasteiger partial charge in [-0.05, 0) is 52.7 Å². The molecule has 0 spiro atoms. The molecule has 0 aliphatic heterocycles. The predicted octanol–water partition coefficient (Wildman–Crippen LogP) is 4.41. The van der Waals surface area contributed by atoms with Gasteiger partial charge in [-0.2, -0.15) is 0 Å². The number of carboxylic acid groups (broad SMARTS) is 1. The minimum Gasteiger partial charge on any atom is -0.477 e. The smallest absolute Gasteiger partial charge is 0.341 e. The van der Waals surface area contributed by atoms with Gasteiger partial charge in [0.25, 0.3) is 0 Å². The normalized spacial score (nSPS) is 10.3. The van der Waals surface area contributed by atoms with E-state index in [1.165, 1.54) is 12.3 Å². The summed E-state index contributed by atoms with van der Waals surface area (Å²) in [4.78, 5) is 15.1. The van der Waals surface area contributed by atoms with Gasteiger partial charge < -0.3 is 9.84 Å². The van der Waals surface area contributed by atoms with Crippen molar-refractivity contribution in [2.24, 2.45) is 0 Å². The Morgan fingerprint density at radius 2 is 2.05 bits per heavy atom. The summed E-state index contributed by atoms with van der Waals surface area (Å²) in [6.07, 6.45) is 1.49. The SMILES string of the molecule is Cc1cc(Oc2ncc(Br)cc2C(=O)O)ccc1Br. The van der Waals surface area contributed by atoms with E-state index in [0.717, 1.165) is 10.0 Å². The molecule has 0 saturated carbocycles. The minimum absolute atomic E-state index is 0.00921. The lowest BCUT2D eigenvalue weighted by Gasteiger charge is -2.09. The summed E-state index contributed by atoms with van der Waals surface area (Å²) in [5.41, 5.74) is 1.00. The molecule has 19 heavy (non-hydrogen) atoms. The van der Waals surface area contributed by atoms with Crippen molar-refractivity contribution in [3.63, 3.8) is 0 Å². The van der Waals surface area contributed by atoms with E-state index >= 15 is 0 Å². The number of pyridine rings is 1. The number of carbonyl (C=O) groups is 1. The van der Waals surface area contributed by atoms with E-state index in [9.17, 15) is 4.79 Å². The zero-order valence-electron chi connectivity index (χ0n) is 9.85. The third kappa shape index (κ3) is 3.33. The summed E-state index contributed by atoms with van der Waals surface area (Å²) in [6.45, 7) is 1.92. The van der Waals surface area contributed by atoms with Gasteiger partial charge in [0.15, 0.2) is 0 Å². The quantitative estimate of drug-likeness (QED) is 0.848. The van der Waals surface area contributed by atoms with Gasteiger partial charge >= 0.3 is 5.97 Å². The molecule has 0 amide bonds. The van der Waals surface area contributed by atoms with Gasteiger partial charge in [-0.15, -0.1) is 0 Å². The Labute approximate surface area is 126 Å². The molecule has 2 aromatic rings. The Balaban J connectivity index is 2.37. The number of benzene rings is 1. The molecule has 0 radical (unpaired) electrons. The third-order valence-electron chi connectivity index (χ3n) is 2.39. The van der Waals surface area contributed by atoms with Crippen LogP contribution in [0.2, 0.25) is 0 Å². The van der Waals surface area contributed by atoms with E-state index in [1.807, 2.05) is 13.0 Å². The third-order valence-corrected chi connectivity index (χ3v) is 3.72. The Bertz CT molecular complexity index is 644. The molecular weight excluding hydrogens is 378 g/mol. The van der Waals surface area contributed by atoms with E-state index in [2.05, 4.69) is 36.8 Å². The number of carboxylic acids is 1. The average Bonchev–Trinajstić information content (AvgIpc) is 2.36. The van der Waals surface area contributed by atoms with Crippen LogP contribution in [0.4, 0.5) is 0 Å². The second-order valence-electron chi connectivity index (χ2n) is 3.82. The largest absolute Gasteiger partial charge is 0.477 e. The maximum absolute atomic E-state index is 11.1. The van der Waals surface area contributed by atoms with Gasteiger partial charge in [0.05, 0.1) is 0 Å². The van der Waals surface area contributed by atoms with Crippen molar-refractivity contribution >= 4 is 37.8 Å². The summed E-state index contributed by atoms with van der Waals surface area (Å²) in [5.74, 6) is -0.479. The van der Waals surface area contributed by atoms with Crippen molar-refractivity contribution in [3.05, 3.63) is 50.5 Å². The molecule has 4 nitrogen and oxygen atoms in total. The Morgan fingerprint density at radius 1 is 1.32 bits per heavy atom. The minimum atomic E-state index is -1.09. The number of ether oxygens (including phenoxy) is 1. The first-order chi connectivity index (χ1) is 8.97. The highest BCUT2D eigenvalue weighted by Crippen LogP contribution is 2.28. The maximum atomic E-state index is 11.1. The van der Waals surface area contributed by atoms with Gasteiger partial charge in [-0.25, -0.2) is 9.78 Å². The number of aromatic carboxylic acids is 1. The predicted molar refractivity (Wildman–Crippen MR) is 77.8 cm³/mol. The molecule has 2 rings (SSSR count). The van der Waals surface area contributed by atoms with Gasteiger partial charge in [0.1, 0.15) is 11.3 Å². The fourth-order valence-electron chi connectivity index (χ4n) is 1.45. The van der Waals surface area contributed by atoms with E-state index in [-0.39, 0.29) is 11.4 Å². The van der Waals surface area contributed by atoms with E-state index in [4.69, 9.17) is 9.84 Å². The molecule has 1 aromatic heterocycles. The van der Waals surface area contributed by atoms with E-state index in [0.29, 0.717) is 10.2 Å². The van der Waals surface area contributed by atoms with Crippen LogP contribution < -0.4 is 4.74 Å². The number of rotatable bonds is 3. The van der Waals surface area contributed by atoms with Crippen LogP contribution in [0.1, 0.15) is 15.9 Å². The Kier molecular flexibility index (Phi) is 4.21. The molecule has 1 aromatic carbocycles. The van der Waals surface area contributed by atoms with Crippen molar-refractivity contribution in [1.29, 1.82) is 0 Å². The first kappa shape index (κ1) is 14.0. The number of halogens is 2. The molecule has 0 saturated heterocycles. The number of aryl methyl sites for hydroxylation is 1. The van der Waals surface area contributed by atoms with E-state index < -0.39 is 5.97 Å². The van der Waals surface area contributed by atoms with Gasteiger partial charge in [0, 0.05) is 15.1 Å². The molecule has 0 bridgehead atoms. The number of hydrogen-bond donors (Lipinski definition) is 1. The summed E-state index contributed by atoms with van der Waals surface area (Å²) in [6, 6.07) is 6.84. The lowest BCUT2D eigenvalue weighted by atomic mass is 10.2. The second kappa shape index (κ2) is 5.71. The highest BCUT2D eigenvalue weighted by molar-refractivity contribution is 9.10. The van der Waals surface area contributed by atoms with Crippen LogP contribution in [0, 0.1) is 6.92 Å². The summed E-state index contributed by atoms with van der Waals surface area (Å²) < 4.78 is 7.08. The van der Waals surface area contributed by atoms with Crippen molar-refractivity contribution in [3.8, 4) is 11.6 Å². The van der Waals surface area contributed by atoms with Crippen LogP contribution in [0.25, 0.3) is 0 Å². The first-order valence-corrected chi connectivity index (χ1v) is 6.89. The van der Waals surface area contributed by atoms with Crippen LogP contribution in [0.3, 0.4) is 0 Å². The maximum Gasteiger partial charge on any atom is 0.341 e. The first-order valence-electron chi connectivity index (χ1n) is 5.30. The van der Waals surface area contributed by atoms with Crippen LogP contribution >= 0.6 is 31.9 Å². The fraction of sp³-hybridized carbons (Fsp3) is 0.0769. The van der Waals surface area contributed by atoms with Crippen molar-refractivity contribution in [2.75, 3.05) is 0 Å². The molecule has 6 heteroatoms. The monoisotopic (exact) mass is 385 g/mol. The van der Waals surface area contributed by atoms with E-state index in [1.54, 1.807) is 12.1 Å². The summed E-state index contributed by atoms with van der Waals surface area (Å²) in [5, 5.41) is 9.12. The van der Waals surface area contributed by atoms with Gasteiger partial charge in [-0.3, -0.25) is 0 Å². The molecule has 0 unspecified atom stereocenters. The number of aromatic nitrogens is 1. The molecule has 1 heterocycles. The van der Waals surface area contributed by atoms with Crippen molar-refractivity contribution < 1.29 is 14.6 Å². The molecule has 1 N–H and O–H groups in total. The molecule has 0 fully saturated rings. The molecule has 0 aliphatic rings. The Hall–Kier alpha value is -1.40. The zero-order valence-corrected chi connectivity index (χ0v) is 13.0. The molecule has 0 atom stereocenters. The lowest BCUT2D eigenvalue weighted by molar-refractivity contribution is 0.0693. The highest BCUT2D eigenvalue weighted by Gasteiger charge is 2.14. The molecule has 0 aliphatic carbocycles. The van der Waals surface area contributed by atoms with Crippen LogP contribution in [0.5, 0.6) is 11.6 Å². The second-order valence-corrected chi connectivity index (χ2v) is 5.59. The lowest BCUT2D eigenvalue weighted by Crippen LogP contribution is -2.02. The highest BCUT2D eigenvalue weighted by atomic mass is 79.9. The van der Waals surface area contributed by atoms with Crippen LogP contribution in [-0.2, 0) is 0 Å². The van der Waals surface area contributed by atoms with Gasteiger partial charge in [0.2, 0.25) is 5.88 Å². The zero-order chi connectivity index (χ0) is 14.0. The molecular formula is C13H9Br2NO3. The van der Waals surface area contributed by atoms with Crippen LogP contribution in [-0.4, -0.2) is 16.1 Å². The average molecular weight is 387 g/mol. The summed E-state index contributed by atoms with van der Waals surface area (Å²) in [7, 11) is 0.